The molecule has 10 nitrogen and oxygen atoms in total. The number of rotatable bonds is 6. The van der Waals surface area contributed by atoms with Gasteiger partial charge in [0.05, 0.1) is 11.4 Å². The second-order valence-electron chi connectivity index (χ2n) is 6.92. The Labute approximate surface area is 179 Å². The number of nitrogens with one attached hydrogen (secondary N) is 1. The van der Waals surface area contributed by atoms with Gasteiger partial charge in [-0.15, -0.1) is 0 Å². The second kappa shape index (κ2) is 7.84. The van der Waals surface area contributed by atoms with Crippen molar-refractivity contribution in [2.45, 2.75) is 25.7 Å². The molecule has 1 aromatic carbocycles. The van der Waals surface area contributed by atoms with E-state index in [-0.39, 0.29) is 4.90 Å². The zero-order valence-electron chi connectivity index (χ0n) is 17.4. The first-order valence-corrected chi connectivity index (χ1v) is 10.9. The minimum absolute atomic E-state index is 0.179. The highest BCUT2D eigenvalue weighted by molar-refractivity contribution is 7.92. The lowest BCUT2D eigenvalue weighted by Gasteiger charge is -2.10. The lowest BCUT2D eigenvalue weighted by Crippen LogP contribution is -2.14. The Kier molecular flexibility index (Phi) is 5.19. The number of nitrogens with zero attached hydrogens (tertiary/aromatic N) is 6. The number of sulfonamides is 1. The third kappa shape index (κ3) is 4.26. The van der Waals surface area contributed by atoms with Crippen LogP contribution in [0.25, 0.3) is 5.82 Å². The van der Waals surface area contributed by atoms with Gasteiger partial charge in [-0.2, -0.15) is 15.2 Å². The summed E-state index contributed by atoms with van der Waals surface area (Å²) in [5.41, 5.74) is 1.42. The summed E-state index contributed by atoms with van der Waals surface area (Å²) in [6.45, 7) is 5.15. The molecule has 0 spiro atoms. The third-order valence-corrected chi connectivity index (χ3v) is 6.21. The molecule has 0 atom stereocenters. The van der Waals surface area contributed by atoms with E-state index in [1.165, 1.54) is 0 Å². The molecule has 31 heavy (non-hydrogen) atoms. The molecule has 4 aromatic rings. The molecule has 0 bridgehead atoms. The first-order chi connectivity index (χ1) is 14.7. The lowest BCUT2D eigenvalue weighted by molar-refractivity contribution is 0.459. The Hall–Kier alpha value is -3.73. The van der Waals surface area contributed by atoms with Gasteiger partial charge >= 0.3 is 0 Å². The first kappa shape index (κ1) is 20.5. The molecule has 0 unspecified atom stereocenters. The van der Waals surface area contributed by atoms with Gasteiger partial charge in [-0.05, 0) is 51.1 Å². The van der Waals surface area contributed by atoms with Crippen molar-refractivity contribution in [3.63, 3.8) is 0 Å². The van der Waals surface area contributed by atoms with Crippen LogP contribution in [0.2, 0.25) is 0 Å². The van der Waals surface area contributed by atoms with Crippen LogP contribution >= 0.6 is 0 Å². The molecular formula is C20H21N7O3S. The molecule has 160 valence electrons. The number of aromatic nitrogens is 6. The molecule has 0 saturated heterocycles. The highest BCUT2D eigenvalue weighted by Crippen LogP contribution is 2.26. The average Bonchev–Trinajstić information content (AvgIpc) is 3.31. The van der Waals surface area contributed by atoms with E-state index in [4.69, 9.17) is 4.74 Å². The van der Waals surface area contributed by atoms with Crippen LogP contribution in [0.5, 0.6) is 11.6 Å². The number of hydrogen-bond donors (Lipinski definition) is 1. The van der Waals surface area contributed by atoms with Gasteiger partial charge in [0, 0.05) is 31.2 Å². The van der Waals surface area contributed by atoms with Crippen LogP contribution < -0.4 is 9.46 Å². The Bertz CT molecular complexity index is 1330. The molecule has 0 saturated carbocycles. The van der Waals surface area contributed by atoms with E-state index in [0.29, 0.717) is 40.3 Å². The largest absolute Gasteiger partial charge is 0.439 e. The highest BCUT2D eigenvalue weighted by Gasteiger charge is 2.23. The fourth-order valence-corrected chi connectivity index (χ4v) is 4.66. The summed E-state index contributed by atoms with van der Waals surface area (Å²) in [5, 5.41) is 8.33. The summed E-state index contributed by atoms with van der Waals surface area (Å²) in [4.78, 5) is 8.81. The third-order valence-electron chi connectivity index (χ3n) is 4.58. The summed E-state index contributed by atoms with van der Waals surface area (Å²) in [6, 6.07) is 10.0. The molecule has 1 N–H and O–H groups in total. The molecule has 0 fully saturated rings. The smallest absolute Gasteiger partial charge is 0.265 e. The summed E-state index contributed by atoms with van der Waals surface area (Å²) in [5.74, 6) is 1.97. The SMILES string of the molecule is Cc1nc(Oc2ccc(NS(=O)(=O)c3c(C)nn(C)c3C)cc2)cc(-n2cccn2)n1. The van der Waals surface area contributed by atoms with Gasteiger partial charge < -0.3 is 4.74 Å². The average molecular weight is 440 g/mol. The molecule has 11 heteroatoms. The number of hydrogen-bond acceptors (Lipinski definition) is 7. The van der Waals surface area contributed by atoms with Crippen LogP contribution in [0, 0.1) is 20.8 Å². The monoisotopic (exact) mass is 439 g/mol. The van der Waals surface area contributed by atoms with Crippen molar-refractivity contribution in [3.05, 3.63) is 66.0 Å². The van der Waals surface area contributed by atoms with E-state index in [1.807, 2.05) is 0 Å². The highest BCUT2D eigenvalue weighted by atomic mass is 32.2. The van der Waals surface area contributed by atoms with Crippen LogP contribution in [0.4, 0.5) is 5.69 Å². The van der Waals surface area contributed by atoms with Crippen molar-refractivity contribution in [2.75, 3.05) is 4.72 Å². The standard InChI is InChI=1S/C20H21N7O3S/c1-13-20(14(2)26(4)24-13)31(28,29)25-16-6-8-17(9-7-16)30-19-12-18(22-15(3)23-19)27-11-5-10-21-27/h5-12,25H,1-4H3. The zero-order chi connectivity index (χ0) is 22.2. The van der Waals surface area contributed by atoms with Crippen LogP contribution in [-0.4, -0.2) is 37.9 Å². The quantitative estimate of drug-likeness (QED) is 0.491. The maximum atomic E-state index is 12.8. The minimum Gasteiger partial charge on any atom is -0.439 e. The van der Waals surface area contributed by atoms with Crippen molar-refractivity contribution in [3.8, 4) is 17.4 Å². The Balaban J connectivity index is 1.53. The molecule has 0 aliphatic carbocycles. The molecule has 4 rings (SSSR count). The number of ether oxygens (including phenoxy) is 1. The van der Waals surface area contributed by atoms with Crippen LogP contribution in [0.15, 0.2) is 53.7 Å². The maximum Gasteiger partial charge on any atom is 0.265 e. The molecular weight excluding hydrogens is 418 g/mol. The topological polar surface area (TPSA) is 117 Å². The van der Waals surface area contributed by atoms with Crippen molar-refractivity contribution in [2.24, 2.45) is 7.05 Å². The van der Waals surface area contributed by atoms with E-state index < -0.39 is 10.0 Å². The van der Waals surface area contributed by atoms with Crippen LogP contribution in [0.1, 0.15) is 17.2 Å². The van der Waals surface area contributed by atoms with Gasteiger partial charge in [0.2, 0.25) is 5.88 Å². The van der Waals surface area contributed by atoms with Crippen LogP contribution in [-0.2, 0) is 17.1 Å². The maximum absolute atomic E-state index is 12.8. The minimum atomic E-state index is -3.77. The summed E-state index contributed by atoms with van der Waals surface area (Å²) in [7, 11) is -2.06. The van der Waals surface area contributed by atoms with Gasteiger partial charge in [0.1, 0.15) is 16.5 Å². The molecule has 3 aromatic heterocycles. The fraction of sp³-hybridized carbons (Fsp3) is 0.200. The van der Waals surface area contributed by atoms with Gasteiger partial charge in [0.15, 0.2) is 5.82 Å². The van der Waals surface area contributed by atoms with Gasteiger partial charge in [-0.3, -0.25) is 9.40 Å². The predicted molar refractivity (Wildman–Crippen MR) is 114 cm³/mol. The number of anilines is 1. The molecule has 0 radical (unpaired) electrons. The fourth-order valence-electron chi connectivity index (χ4n) is 3.16. The summed E-state index contributed by atoms with van der Waals surface area (Å²) in [6.07, 6.45) is 3.43. The Morgan fingerprint density at radius 3 is 2.42 bits per heavy atom. The zero-order valence-corrected chi connectivity index (χ0v) is 18.3. The Morgan fingerprint density at radius 2 is 1.81 bits per heavy atom. The van der Waals surface area contributed by atoms with Crippen molar-refractivity contribution in [1.82, 2.24) is 29.5 Å². The molecule has 0 aliphatic heterocycles. The number of aryl methyl sites for hydroxylation is 3. The molecule has 0 aliphatic rings. The van der Waals surface area contributed by atoms with Gasteiger partial charge in [0.25, 0.3) is 10.0 Å². The van der Waals surface area contributed by atoms with Crippen molar-refractivity contribution >= 4 is 15.7 Å². The van der Waals surface area contributed by atoms with E-state index in [9.17, 15) is 8.42 Å². The van der Waals surface area contributed by atoms with E-state index in [1.54, 1.807) is 86.0 Å². The van der Waals surface area contributed by atoms with Gasteiger partial charge in [-0.1, -0.05) is 0 Å². The number of benzene rings is 1. The second-order valence-corrected chi connectivity index (χ2v) is 8.54. The normalized spacial score (nSPS) is 11.5. The van der Waals surface area contributed by atoms with E-state index in [2.05, 4.69) is 24.9 Å². The van der Waals surface area contributed by atoms with Crippen molar-refractivity contribution < 1.29 is 13.2 Å². The first-order valence-electron chi connectivity index (χ1n) is 9.39. The molecule has 0 amide bonds. The van der Waals surface area contributed by atoms with E-state index in [0.717, 1.165) is 0 Å². The summed E-state index contributed by atoms with van der Waals surface area (Å²) < 4.78 is 37.2. The summed E-state index contributed by atoms with van der Waals surface area (Å²) >= 11 is 0. The van der Waals surface area contributed by atoms with Crippen molar-refractivity contribution in [1.29, 1.82) is 0 Å². The van der Waals surface area contributed by atoms with Gasteiger partial charge in [-0.25, -0.2) is 18.1 Å². The predicted octanol–water partition coefficient (Wildman–Crippen LogP) is 2.91. The van der Waals surface area contributed by atoms with Crippen LogP contribution in [0.3, 0.4) is 0 Å². The Morgan fingerprint density at radius 1 is 1.06 bits per heavy atom. The molecule has 3 heterocycles. The van der Waals surface area contributed by atoms with E-state index >= 15 is 0 Å². The lowest BCUT2D eigenvalue weighted by atomic mass is 10.3.